The zero-order chi connectivity index (χ0) is 13.5. The van der Waals surface area contributed by atoms with Crippen molar-refractivity contribution in [2.45, 2.75) is 59.4 Å². The molecule has 1 rings (SSSR count). The molecule has 1 heteroatoms. The van der Waals surface area contributed by atoms with Gasteiger partial charge in [0, 0.05) is 6.04 Å². The molecule has 0 spiro atoms. The van der Waals surface area contributed by atoms with Crippen molar-refractivity contribution < 1.29 is 0 Å². The Labute approximate surface area is 113 Å². The summed E-state index contributed by atoms with van der Waals surface area (Å²) in [6.07, 6.45) is 2.36. The highest BCUT2D eigenvalue weighted by atomic mass is 14.9. The van der Waals surface area contributed by atoms with Crippen LogP contribution in [-0.4, -0.2) is 12.6 Å². The van der Waals surface area contributed by atoms with Crippen LogP contribution in [0.3, 0.4) is 0 Å². The van der Waals surface area contributed by atoms with Gasteiger partial charge in [0.15, 0.2) is 0 Å². The molecule has 0 saturated heterocycles. The minimum Gasteiger partial charge on any atom is -0.314 e. The third-order valence-corrected chi connectivity index (χ3v) is 3.66. The average Bonchev–Trinajstić information content (AvgIpc) is 2.35. The maximum atomic E-state index is 3.58. The van der Waals surface area contributed by atoms with Crippen LogP contribution in [0.15, 0.2) is 24.3 Å². The minimum atomic E-state index is 0.586. The third kappa shape index (κ3) is 4.45. The molecule has 1 nitrogen and oxygen atoms in total. The maximum Gasteiger partial charge on any atom is 0.0130 e. The highest BCUT2D eigenvalue weighted by Crippen LogP contribution is 2.22. The molecule has 102 valence electrons. The molecule has 0 fully saturated rings. The fourth-order valence-electron chi connectivity index (χ4n) is 2.60. The molecule has 1 N–H and O–H groups in total. The van der Waals surface area contributed by atoms with Gasteiger partial charge in [0.2, 0.25) is 0 Å². The molecular weight excluding hydrogens is 218 g/mol. The molecule has 1 aromatic carbocycles. The van der Waals surface area contributed by atoms with E-state index in [0.29, 0.717) is 12.0 Å². The first-order chi connectivity index (χ1) is 8.58. The summed E-state index contributed by atoms with van der Waals surface area (Å²) in [6, 6.07) is 9.80. The number of nitrogens with one attached hydrogen (secondary N) is 1. The van der Waals surface area contributed by atoms with Gasteiger partial charge in [-0.05, 0) is 42.3 Å². The molecule has 0 heterocycles. The Hall–Kier alpha value is -0.820. The Morgan fingerprint density at radius 2 is 1.61 bits per heavy atom. The molecule has 0 aliphatic carbocycles. The van der Waals surface area contributed by atoms with E-state index >= 15 is 0 Å². The zero-order valence-corrected chi connectivity index (χ0v) is 12.7. The van der Waals surface area contributed by atoms with Gasteiger partial charge in [-0.1, -0.05) is 58.9 Å². The number of hydrogen-bond donors (Lipinski definition) is 1. The van der Waals surface area contributed by atoms with Gasteiger partial charge in [-0.25, -0.2) is 0 Å². The van der Waals surface area contributed by atoms with Crippen LogP contribution >= 0.6 is 0 Å². The highest BCUT2D eigenvalue weighted by Gasteiger charge is 2.15. The van der Waals surface area contributed by atoms with Crippen LogP contribution in [0.2, 0.25) is 0 Å². The van der Waals surface area contributed by atoms with E-state index in [0.717, 1.165) is 12.5 Å². The third-order valence-electron chi connectivity index (χ3n) is 3.66. The van der Waals surface area contributed by atoms with E-state index in [1.54, 1.807) is 0 Å². The van der Waals surface area contributed by atoms with E-state index in [4.69, 9.17) is 0 Å². The second-order valence-electron chi connectivity index (χ2n) is 5.70. The van der Waals surface area contributed by atoms with Gasteiger partial charge in [-0.15, -0.1) is 0 Å². The summed E-state index contributed by atoms with van der Waals surface area (Å²) in [5.41, 5.74) is 2.91. The second kappa shape index (κ2) is 7.58. The lowest BCUT2D eigenvalue weighted by Gasteiger charge is -2.24. The summed E-state index contributed by atoms with van der Waals surface area (Å²) in [5.74, 6) is 1.32. The van der Waals surface area contributed by atoms with E-state index in [-0.39, 0.29) is 0 Å². The van der Waals surface area contributed by atoms with Crippen LogP contribution in [-0.2, 0) is 6.42 Å². The van der Waals surface area contributed by atoms with E-state index < -0.39 is 0 Å². The number of hydrogen-bond acceptors (Lipinski definition) is 1. The molecule has 0 saturated carbocycles. The van der Waals surface area contributed by atoms with Crippen molar-refractivity contribution >= 4 is 0 Å². The maximum absolute atomic E-state index is 3.58. The number of rotatable bonds is 7. The van der Waals surface area contributed by atoms with Crippen molar-refractivity contribution in [3.8, 4) is 0 Å². The van der Waals surface area contributed by atoms with Crippen molar-refractivity contribution in [1.82, 2.24) is 5.32 Å². The normalized spacial score (nSPS) is 14.8. The lowest BCUT2D eigenvalue weighted by molar-refractivity contribution is 0.448. The topological polar surface area (TPSA) is 12.0 Å². The summed E-state index contributed by atoms with van der Waals surface area (Å²) >= 11 is 0. The second-order valence-corrected chi connectivity index (χ2v) is 5.70. The molecule has 2 atom stereocenters. The molecule has 0 aliphatic rings. The van der Waals surface area contributed by atoms with Gasteiger partial charge in [-0.3, -0.25) is 0 Å². The molecule has 1 aromatic rings. The molecular formula is C17H29N. The van der Waals surface area contributed by atoms with Crippen molar-refractivity contribution in [3.05, 3.63) is 35.4 Å². The van der Waals surface area contributed by atoms with Gasteiger partial charge in [0.1, 0.15) is 0 Å². The van der Waals surface area contributed by atoms with Crippen LogP contribution in [0.1, 0.15) is 58.1 Å². The first-order valence-corrected chi connectivity index (χ1v) is 7.40. The Morgan fingerprint density at radius 1 is 1.00 bits per heavy atom. The smallest absolute Gasteiger partial charge is 0.0130 e. The Kier molecular flexibility index (Phi) is 6.42. The average molecular weight is 247 g/mol. The van der Waals surface area contributed by atoms with E-state index in [1.165, 1.54) is 24.0 Å². The van der Waals surface area contributed by atoms with Crippen molar-refractivity contribution in [2.24, 2.45) is 5.92 Å². The van der Waals surface area contributed by atoms with Crippen molar-refractivity contribution in [2.75, 3.05) is 6.54 Å². The quantitative estimate of drug-likeness (QED) is 0.754. The van der Waals surface area contributed by atoms with Crippen LogP contribution in [0, 0.1) is 5.92 Å². The van der Waals surface area contributed by atoms with Gasteiger partial charge in [0.05, 0.1) is 0 Å². The van der Waals surface area contributed by atoms with Gasteiger partial charge < -0.3 is 5.32 Å². The molecule has 18 heavy (non-hydrogen) atoms. The van der Waals surface area contributed by atoms with Gasteiger partial charge in [-0.2, -0.15) is 0 Å². The number of benzene rings is 1. The SMILES string of the molecule is CCNC(CC)C(C)c1ccc(CC(C)C)cc1. The first-order valence-electron chi connectivity index (χ1n) is 7.40. The molecule has 0 bridgehead atoms. The molecule has 0 amide bonds. The first kappa shape index (κ1) is 15.2. The largest absolute Gasteiger partial charge is 0.314 e. The fraction of sp³-hybridized carbons (Fsp3) is 0.647. The Bertz CT molecular complexity index is 326. The van der Waals surface area contributed by atoms with E-state index in [9.17, 15) is 0 Å². The lowest BCUT2D eigenvalue weighted by Crippen LogP contribution is -2.32. The van der Waals surface area contributed by atoms with Gasteiger partial charge in [0.25, 0.3) is 0 Å². The van der Waals surface area contributed by atoms with E-state index in [1.807, 2.05) is 0 Å². The summed E-state index contributed by atoms with van der Waals surface area (Å²) < 4.78 is 0. The molecule has 0 radical (unpaired) electrons. The Morgan fingerprint density at radius 3 is 2.06 bits per heavy atom. The minimum absolute atomic E-state index is 0.586. The predicted octanol–water partition coefficient (Wildman–Crippen LogP) is 4.38. The standard InChI is InChI=1S/C17H29N/c1-6-17(18-7-2)14(5)16-10-8-15(9-11-16)12-13(3)4/h8-11,13-14,17-18H,6-7,12H2,1-5H3. The van der Waals surface area contributed by atoms with Crippen molar-refractivity contribution in [1.29, 1.82) is 0 Å². The van der Waals surface area contributed by atoms with Crippen LogP contribution in [0.25, 0.3) is 0 Å². The summed E-state index contributed by atoms with van der Waals surface area (Å²) in [7, 11) is 0. The molecule has 2 unspecified atom stereocenters. The summed E-state index contributed by atoms with van der Waals surface area (Å²) in [5, 5.41) is 3.58. The number of likely N-dealkylation sites (N-methyl/N-ethyl adjacent to an activating group) is 1. The summed E-state index contributed by atoms with van der Waals surface area (Å²) in [4.78, 5) is 0. The summed E-state index contributed by atoms with van der Waals surface area (Å²) in [6.45, 7) is 12.4. The van der Waals surface area contributed by atoms with Gasteiger partial charge >= 0.3 is 0 Å². The van der Waals surface area contributed by atoms with Crippen LogP contribution in [0.4, 0.5) is 0 Å². The lowest BCUT2D eigenvalue weighted by atomic mass is 9.90. The van der Waals surface area contributed by atoms with E-state index in [2.05, 4.69) is 64.2 Å². The fourth-order valence-corrected chi connectivity index (χ4v) is 2.60. The zero-order valence-electron chi connectivity index (χ0n) is 12.7. The monoisotopic (exact) mass is 247 g/mol. The van der Waals surface area contributed by atoms with Crippen LogP contribution < -0.4 is 5.32 Å². The Balaban J connectivity index is 2.71. The highest BCUT2D eigenvalue weighted by molar-refractivity contribution is 5.26. The van der Waals surface area contributed by atoms with Crippen LogP contribution in [0.5, 0.6) is 0 Å². The molecule has 0 aromatic heterocycles. The molecule has 0 aliphatic heterocycles. The predicted molar refractivity (Wildman–Crippen MR) is 81.2 cm³/mol. The van der Waals surface area contributed by atoms with Crippen molar-refractivity contribution in [3.63, 3.8) is 0 Å².